The molecule has 0 amide bonds. The Balaban J connectivity index is 1.20. The van der Waals surface area contributed by atoms with E-state index < -0.39 is 0 Å². The molecule has 0 saturated heterocycles. The Morgan fingerprint density at radius 2 is 0.627 bits per heavy atom. The van der Waals surface area contributed by atoms with Gasteiger partial charge in [-0.05, 0) is 109 Å². The van der Waals surface area contributed by atoms with Crippen molar-refractivity contribution in [1.29, 1.82) is 0 Å². The Bertz CT molecular complexity index is 3140. The molecule has 11 rings (SSSR count). The van der Waals surface area contributed by atoms with Crippen LogP contribution in [0.3, 0.4) is 0 Å². The van der Waals surface area contributed by atoms with Crippen LogP contribution in [0.5, 0.6) is 0 Å². The van der Waals surface area contributed by atoms with E-state index in [0.717, 1.165) is 95.1 Å². The van der Waals surface area contributed by atoms with Crippen molar-refractivity contribution < 1.29 is 8.83 Å². The summed E-state index contributed by atoms with van der Waals surface area (Å²) < 4.78 is 13.2. The molecule has 2 aromatic heterocycles. The minimum absolute atomic E-state index is 0.781. The van der Waals surface area contributed by atoms with Crippen LogP contribution in [0, 0.1) is 0 Å². The summed E-state index contributed by atoms with van der Waals surface area (Å²) in [6.07, 6.45) is 0. The maximum absolute atomic E-state index is 6.95. The van der Waals surface area contributed by atoms with Gasteiger partial charge in [0.2, 0.25) is 0 Å². The molecule has 11 aromatic rings. The summed E-state index contributed by atoms with van der Waals surface area (Å²) in [5.74, 6) is 0. The van der Waals surface area contributed by atoms with Crippen molar-refractivity contribution >= 4 is 95.1 Å². The van der Waals surface area contributed by atoms with Crippen LogP contribution in [-0.2, 0) is 0 Å². The molecule has 0 unspecified atom stereocenters. The maximum atomic E-state index is 6.95. The Kier molecular flexibility index (Phi) is 8.41. The second kappa shape index (κ2) is 14.5. The summed E-state index contributed by atoms with van der Waals surface area (Å²) in [5.41, 5.74) is 12.5. The number of furan rings is 2. The minimum Gasteiger partial charge on any atom is -0.456 e. The standard InChI is InChI=1S/C54H37N3O2/c1-6-18-38(19-7-1)55(39-20-8-2-9-21-39)44-31-33-52-48(35-44)54-49(57(41-24-12-4-13-25-41)42-26-14-5-15-27-42)36-45(37-53(54)59-52)56(40-22-10-3-11-23-40)43-30-32-51-47(34-43)46-28-16-17-29-50(46)58-51/h1-37H. The van der Waals surface area contributed by atoms with Crippen LogP contribution in [0.15, 0.2) is 233 Å². The van der Waals surface area contributed by atoms with Crippen molar-refractivity contribution in [1.82, 2.24) is 0 Å². The van der Waals surface area contributed by atoms with Crippen molar-refractivity contribution in [2.24, 2.45) is 0 Å². The number of nitrogens with zero attached hydrogens (tertiary/aromatic N) is 3. The van der Waals surface area contributed by atoms with E-state index in [4.69, 9.17) is 8.83 Å². The van der Waals surface area contributed by atoms with Crippen molar-refractivity contribution in [2.75, 3.05) is 14.7 Å². The molecule has 2 heterocycles. The first kappa shape index (κ1) is 34.2. The third kappa shape index (κ3) is 6.13. The molecule has 0 saturated carbocycles. The van der Waals surface area contributed by atoms with Gasteiger partial charge in [0.25, 0.3) is 0 Å². The van der Waals surface area contributed by atoms with E-state index in [2.05, 4.69) is 227 Å². The summed E-state index contributed by atoms with van der Waals surface area (Å²) >= 11 is 0. The van der Waals surface area contributed by atoms with Gasteiger partial charge in [0.1, 0.15) is 22.3 Å². The van der Waals surface area contributed by atoms with Gasteiger partial charge < -0.3 is 23.5 Å². The average Bonchev–Trinajstić information content (AvgIpc) is 3.86. The topological polar surface area (TPSA) is 36.0 Å². The van der Waals surface area contributed by atoms with Crippen LogP contribution in [0.4, 0.5) is 51.2 Å². The van der Waals surface area contributed by atoms with Crippen LogP contribution in [0.1, 0.15) is 0 Å². The van der Waals surface area contributed by atoms with Crippen LogP contribution in [-0.4, -0.2) is 0 Å². The van der Waals surface area contributed by atoms with Gasteiger partial charge in [-0.15, -0.1) is 0 Å². The van der Waals surface area contributed by atoms with Gasteiger partial charge in [0.15, 0.2) is 0 Å². The van der Waals surface area contributed by atoms with E-state index in [1.54, 1.807) is 0 Å². The van der Waals surface area contributed by atoms with Gasteiger partial charge in [-0.3, -0.25) is 0 Å². The van der Waals surface area contributed by atoms with Gasteiger partial charge >= 0.3 is 0 Å². The second-order valence-electron chi connectivity index (χ2n) is 14.6. The number of fused-ring (bicyclic) bond motifs is 6. The fourth-order valence-corrected chi connectivity index (χ4v) is 8.36. The average molecular weight is 760 g/mol. The molecule has 59 heavy (non-hydrogen) atoms. The summed E-state index contributed by atoms with van der Waals surface area (Å²) in [5, 5.41) is 4.18. The zero-order valence-corrected chi connectivity index (χ0v) is 32.0. The third-order valence-electron chi connectivity index (χ3n) is 11.0. The van der Waals surface area contributed by atoms with Crippen molar-refractivity contribution in [2.45, 2.75) is 0 Å². The number of hydrogen-bond acceptors (Lipinski definition) is 5. The molecular formula is C54H37N3O2. The molecule has 0 fully saturated rings. The van der Waals surface area contributed by atoms with Crippen LogP contribution < -0.4 is 14.7 Å². The first-order chi connectivity index (χ1) is 29.3. The Morgan fingerprint density at radius 3 is 1.15 bits per heavy atom. The normalized spacial score (nSPS) is 11.4. The lowest BCUT2D eigenvalue weighted by atomic mass is 10.0. The molecule has 0 radical (unpaired) electrons. The quantitative estimate of drug-likeness (QED) is 0.146. The van der Waals surface area contributed by atoms with Gasteiger partial charge in [0.05, 0.1) is 16.8 Å². The molecule has 0 aliphatic carbocycles. The van der Waals surface area contributed by atoms with Gasteiger partial charge in [0, 0.05) is 62.0 Å². The highest BCUT2D eigenvalue weighted by atomic mass is 16.3. The number of para-hydroxylation sites is 6. The second-order valence-corrected chi connectivity index (χ2v) is 14.6. The fourth-order valence-electron chi connectivity index (χ4n) is 8.36. The molecule has 0 aliphatic heterocycles. The summed E-state index contributed by atoms with van der Waals surface area (Å²) in [6, 6.07) is 78.4. The van der Waals surface area contributed by atoms with E-state index in [0.29, 0.717) is 0 Å². The largest absolute Gasteiger partial charge is 0.456 e. The van der Waals surface area contributed by atoms with E-state index >= 15 is 0 Å². The Labute approximate surface area is 341 Å². The third-order valence-corrected chi connectivity index (χ3v) is 11.0. The van der Waals surface area contributed by atoms with Gasteiger partial charge in [-0.2, -0.15) is 0 Å². The molecule has 5 heteroatoms. The highest BCUT2D eigenvalue weighted by Gasteiger charge is 2.25. The first-order valence-electron chi connectivity index (χ1n) is 19.8. The number of hydrogen-bond donors (Lipinski definition) is 0. The van der Waals surface area contributed by atoms with Gasteiger partial charge in [-0.25, -0.2) is 0 Å². The summed E-state index contributed by atoms with van der Waals surface area (Å²) in [6.45, 7) is 0. The van der Waals surface area contributed by atoms with Crippen LogP contribution >= 0.6 is 0 Å². The van der Waals surface area contributed by atoms with Crippen LogP contribution in [0.25, 0.3) is 43.9 Å². The Morgan fingerprint density at radius 1 is 0.237 bits per heavy atom. The number of anilines is 9. The van der Waals surface area contributed by atoms with Gasteiger partial charge in [-0.1, -0.05) is 109 Å². The molecule has 0 aliphatic rings. The highest BCUT2D eigenvalue weighted by Crippen LogP contribution is 2.49. The van der Waals surface area contributed by atoms with E-state index in [9.17, 15) is 0 Å². The Hall–Kier alpha value is -8.02. The van der Waals surface area contributed by atoms with E-state index in [1.807, 2.05) is 12.1 Å². The minimum atomic E-state index is 0.781. The highest BCUT2D eigenvalue weighted by molar-refractivity contribution is 6.16. The lowest BCUT2D eigenvalue weighted by molar-refractivity contribution is 0.668. The molecule has 280 valence electrons. The van der Waals surface area contributed by atoms with Crippen LogP contribution in [0.2, 0.25) is 0 Å². The smallest absolute Gasteiger partial charge is 0.139 e. The van der Waals surface area contributed by atoms with E-state index in [1.165, 1.54) is 0 Å². The van der Waals surface area contributed by atoms with E-state index in [-0.39, 0.29) is 0 Å². The zero-order valence-electron chi connectivity index (χ0n) is 32.0. The lowest BCUT2D eigenvalue weighted by Crippen LogP contribution is -2.13. The molecule has 0 spiro atoms. The maximum Gasteiger partial charge on any atom is 0.139 e. The van der Waals surface area contributed by atoms with Crippen molar-refractivity contribution in [3.63, 3.8) is 0 Å². The summed E-state index contributed by atoms with van der Waals surface area (Å²) in [4.78, 5) is 6.95. The monoisotopic (exact) mass is 759 g/mol. The number of rotatable bonds is 9. The number of benzene rings is 9. The summed E-state index contributed by atoms with van der Waals surface area (Å²) in [7, 11) is 0. The predicted octanol–water partition coefficient (Wildman–Crippen LogP) is 15.9. The SMILES string of the molecule is c1ccc(N(c2cc(N(c3ccccc3)c3ccccc3)c3c(c2)oc2ccc(N(c4ccccc4)c4ccccc4)cc23)c2ccc3oc4ccccc4c3c2)cc1. The fraction of sp³-hybridized carbons (Fsp3) is 0. The van der Waals surface area contributed by atoms with Crippen molar-refractivity contribution in [3.8, 4) is 0 Å². The molecule has 5 nitrogen and oxygen atoms in total. The molecule has 0 atom stereocenters. The van der Waals surface area contributed by atoms with Crippen molar-refractivity contribution in [3.05, 3.63) is 224 Å². The predicted molar refractivity (Wildman–Crippen MR) is 245 cm³/mol. The first-order valence-corrected chi connectivity index (χ1v) is 19.8. The molecular weight excluding hydrogens is 723 g/mol. The molecule has 0 bridgehead atoms. The zero-order chi connectivity index (χ0) is 39.1. The molecule has 9 aromatic carbocycles. The molecule has 0 N–H and O–H groups in total. The lowest BCUT2D eigenvalue weighted by Gasteiger charge is -2.30.